The molecule has 1 unspecified atom stereocenters. The van der Waals surface area contributed by atoms with Crippen LogP contribution >= 0.6 is 0 Å². The second-order valence-corrected chi connectivity index (χ2v) is 10.6. The van der Waals surface area contributed by atoms with E-state index in [1.165, 1.54) is 12.1 Å². The van der Waals surface area contributed by atoms with Crippen molar-refractivity contribution < 1.29 is 19.1 Å². The van der Waals surface area contributed by atoms with Crippen LogP contribution in [0, 0.1) is 17.2 Å². The van der Waals surface area contributed by atoms with Crippen LogP contribution in [0.15, 0.2) is 53.5 Å². The van der Waals surface area contributed by atoms with Crippen molar-refractivity contribution in [1.82, 2.24) is 4.90 Å². The number of carboxylic acids is 1. The highest BCUT2D eigenvalue weighted by Gasteiger charge is 2.52. The van der Waals surface area contributed by atoms with Gasteiger partial charge in [0.05, 0.1) is 11.6 Å². The summed E-state index contributed by atoms with van der Waals surface area (Å²) in [7, 11) is 0. The molecule has 2 aliphatic rings. The molecule has 2 aromatic carbocycles. The van der Waals surface area contributed by atoms with Gasteiger partial charge >= 0.3 is 5.97 Å². The van der Waals surface area contributed by atoms with E-state index in [-0.39, 0.29) is 28.7 Å². The van der Waals surface area contributed by atoms with Gasteiger partial charge in [-0.25, -0.2) is 9.18 Å². The minimum Gasteiger partial charge on any atom is -0.478 e. The molecule has 0 aromatic heterocycles. The number of benzene rings is 2. The average molecular weight is 465 g/mol. The molecule has 1 saturated carbocycles. The number of hydrogen-bond acceptors (Lipinski definition) is 3. The lowest BCUT2D eigenvalue weighted by Gasteiger charge is -2.47. The first kappa shape index (κ1) is 24.1. The fraction of sp³-hybridized carbons (Fsp3) is 0.464. The van der Waals surface area contributed by atoms with Crippen LogP contribution in [0.2, 0.25) is 0 Å². The Morgan fingerprint density at radius 1 is 1.12 bits per heavy atom. The second kappa shape index (κ2) is 8.97. The van der Waals surface area contributed by atoms with Gasteiger partial charge in [-0.05, 0) is 85.4 Å². The Bertz CT molecular complexity index is 1090. The number of aliphatic imine (C=N–C) groups is 1. The first-order chi connectivity index (χ1) is 16.1. The molecular formula is C28H33FN2O3. The van der Waals surface area contributed by atoms with E-state index in [0.29, 0.717) is 23.6 Å². The van der Waals surface area contributed by atoms with Crippen LogP contribution in [0.5, 0.6) is 0 Å². The van der Waals surface area contributed by atoms with Crippen molar-refractivity contribution in [2.24, 2.45) is 16.3 Å². The predicted octanol–water partition coefficient (Wildman–Crippen LogP) is 6.24. The number of carboxylic acid groups (broad SMARTS) is 1. The van der Waals surface area contributed by atoms with Gasteiger partial charge in [0.2, 0.25) is 0 Å². The summed E-state index contributed by atoms with van der Waals surface area (Å²) in [5, 5.41) is 9.29. The van der Waals surface area contributed by atoms with Crippen molar-refractivity contribution in [2.75, 3.05) is 0 Å². The summed E-state index contributed by atoms with van der Waals surface area (Å²) in [5.41, 5.74) is 1.67. The van der Waals surface area contributed by atoms with Crippen LogP contribution in [-0.2, 0) is 4.79 Å². The summed E-state index contributed by atoms with van der Waals surface area (Å²) < 4.78 is 13.6. The Balaban J connectivity index is 1.75. The summed E-state index contributed by atoms with van der Waals surface area (Å²) >= 11 is 0. The van der Waals surface area contributed by atoms with Gasteiger partial charge in [0.15, 0.2) is 0 Å². The SMILES string of the molecule is CCC(c1ccc(C(=O)O)cc1)N1C(=O)C(c2ccc(F)cc2)=NC12CCC(C(C)(C)C)CC2. The molecule has 1 fully saturated rings. The zero-order chi connectivity index (χ0) is 24.7. The molecule has 1 aliphatic carbocycles. The zero-order valence-corrected chi connectivity index (χ0v) is 20.3. The van der Waals surface area contributed by atoms with E-state index < -0.39 is 11.6 Å². The van der Waals surface area contributed by atoms with E-state index in [9.17, 15) is 19.1 Å². The number of amides is 1. The number of aromatic carboxylic acids is 1. The molecule has 0 saturated heterocycles. The summed E-state index contributed by atoms with van der Waals surface area (Å²) in [6.07, 6.45) is 4.17. The standard InChI is InChI=1S/C28H33FN2O3/c1-5-23(18-6-8-20(9-7-18)26(33)34)31-25(32)24(19-10-12-22(29)13-11-19)30-28(31)16-14-21(15-17-28)27(2,3)4/h6-13,21,23H,5,14-17H2,1-4H3,(H,33,34). The molecule has 2 aromatic rings. The molecule has 4 rings (SSSR count). The topological polar surface area (TPSA) is 70.0 Å². The molecule has 1 heterocycles. The van der Waals surface area contributed by atoms with Crippen molar-refractivity contribution in [1.29, 1.82) is 0 Å². The highest BCUT2D eigenvalue weighted by Crippen LogP contribution is 2.49. The summed E-state index contributed by atoms with van der Waals surface area (Å²) in [4.78, 5) is 32.2. The summed E-state index contributed by atoms with van der Waals surface area (Å²) in [5.74, 6) is -0.919. The van der Waals surface area contributed by atoms with Crippen molar-refractivity contribution in [3.05, 3.63) is 71.0 Å². The molecule has 1 spiro atoms. The largest absolute Gasteiger partial charge is 0.478 e. The van der Waals surface area contributed by atoms with Crippen LogP contribution < -0.4 is 0 Å². The van der Waals surface area contributed by atoms with E-state index in [0.717, 1.165) is 31.2 Å². The number of carbonyl (C=O) groups is 2. The third-order valence-corrected chi connectivity index (χ3v) is 7.56. The third-order valence-electron chi connectivity index (χ3n) is 7.56. The maximum Gasteiger partial charge on any atom is 0.335 e. The molecule has 34 heavy (non-hydrogen) atoms. The lowest BCUT2D eigenvalue weighted by Crippen LogP contribution is -2.51. The first-order valence-electron chi connectivity index (χ1n) is 12.1. The van der Waals surface area contributed by atoms with Crippen molar-refractivity contribution in [3.8, 4) is 0 Å². The molecule has 1 aliphatic heterocycles. The van der Waals surface area contributed by atoms with E-state index >= 15 is 0 Å². The highest BCUT2D eigenvalue weighted by molar-refractivity contribution is 6.46. The maximum absolute atomic E-state index is 13.9. The molecule has 6 heteroatoms. The quantitative estimate of drug-likeness (QED) is 0.569. The summed E-state index contributed by atoms with van der Waals surface area (Å²) in [6.45, 7) is 8.82. The average Bonchev–Trinajstić information content (AvgIpc) is 3.07. The predicted molar refractivity (Wildman–Crippen MR) is 130 cm³/mol. The van der Waals surface area contributed by atoms with Crippen LogP contribution in [0.3, 0.4) is 0 Å². The second-order valence-electron chi connectivity index (χ2n) is 10.6. The van der Waals surface area contributed by atoms with Gasteiger partial charge in [0.25, 0.3) is 5.91 Å². The Morgan fingerprint density at radius 2 is 1.71 bits per heavy atom. The molecule has 1 amide bonds. The van der Waals surface area contributed by atoms with Gasteiger partial charge in [-0.1, -0.05) is 39.8 Å². The van der Waals surface area contributed by atoms with E-state index in [1.54, 1.807) is 36.4 Å². The minimum atomic E-state index is -0.976. The molecule has 0 bridgehead atoms. The molecule has 1 atom stereocenters. The summed E-state index contributed by atoms with van der Waals surface area (Å²) in [6, 6.07) is 12.5. The van der Waals surface area contributed by atoms with Gasteiger partial charge in [-0.3, -0.25) is 9.79 Å². The number of hydrogen-bond donors (Lipinski definition) is 1. The van der Waals surface area contributed by atoms with Crippen LogP contribution in [0.25, 0.3) is 0 Å². The molecule has 0 radical (unpaired) electrons. The van der Waals surface area contributed by atoms with Gasteiger partial charge in [-0.2, -0.15) is 0 Å². The van der Waals surface area contributed by atoms with Gasteiger partial charge in [-0.15, -0.1) is 0 Å². The lowest BCUT2D eigenvalue weighted by molar-refractivity contribution is -0.133. The van der Waals surface area contributed by atoms with E-state index in [2.05, 4.69) is 20.8 Å². The van der Waals surface area contributed by atoms with Crippen molar-refractivity contribution in [3.63, 3.8) is 0 Å². The van der Waals surface area contributed by atoms with E-state index in [1.807, 2.05) is 11.8 Å². The zero-order valence-electron chi connectivity index (χ0n) is 20.3. The Hall–Kier alpha value is -3.02. The molecular weight excluding hydrogens is 431 g/mol. The number of halogens is 1. The molecule has 180 valence electrons. The Morgan fingerprint density at radius 3 is 2.21 bits per heavy atom. The lowest BCUT2D eigenvalue weighted by atomic mass is 9.69. The fourth-order valence-electron chi connectivity index (χ4n) is 5.55. The molecule has 1 N–H and O–H groups in total. The fourth-order valence-corrected chi connectivity index (χ4v) is 5.55. The van der Waals surface area contributed by atoms with Gasteiger partial charge in [0, 0.05) is 5.56 Å². The number of rotatable bonds is 5. The monoisotopic (exact) mass is 464 g/mol. The van der Waals surface area contributed by atoms with Crippen LogP contribution in [0.1, 0.15) is 87.3 Å². The maximum atomic E-state index is 13.9. The normalized spacial score (nSPS) is 23.8. The van der Waals surface area contributed by atoms with Crippen LogP contribution in [0.4, 0.5) is 4.39 Å². The van der Waals surface area contributed by atoms with Crippen LogP contribution in [-0.4, -0.2) is 33.3 Å². The van der Waals surface area contributed by atoms with E-state index in [4.69, 9.17) is 4.99 Å². The van der Waals surface area contributed by atoms with Crippen molar-refractivity contribution >= 4 is 17.6 Å². The first-order valence-corrected chi connectivity index (χ1v) is 12.1. The Kier molecular flexibility index (Phi) is 6.36. The molecule has 5 nitrogen and oxygen atoms in total. The Labute approximate surface area is 200 Å². The number of carbonyl (C=O) groups excluding carboxylic acids is 1. The van der Waals surface area contributed by atoms with Gasteiger partial charge in [0.1, 0.15) is 17.2 Å². The van der Waals surface area contributed by atoms with Gasteiger partial charge < -0.3 is 10.0 Å². The van der Waals surface area contributed by atoms with Crippen molar-refractivity contribution in [2.45, 2.75) is 71.5 Å². The third kappa shape index (κ3) is 4.38. The smallest absolute Gasteiger partial charge is 0.335 e. The number of nitrogens with zero attached hydrogens (tertiary/aromatic N) is 2. The highest BCUT2D eigenvalue weighted by atomic mass is 19.1. The minimum absolute atomic E-state index is 0.144.